The molecule has 0 saturated carbocycles. The van der Waals surface area contributed by atoms with Crippen molar-refractivity contribution in [1.29, 1.82) is 0 Å². The van der Waals surface area contributed by atoms with Crippen LogP contribution in [0.15, 0.2) is 24.3 Å². The summed E-state index contributed by atoms with van der Waals surface area (Å²) >= 11 is 0. The first-order valence-corrected chi connectivity index (χ1v) is 5.42. The van der Waals surface area contributed by atoms with Crippen LogP contribution in [0.3, 0.4) is 0 Å². The molecule has 0 radical (unpaired) electrons. The number of hydrogen-bond acceptors (Lipinski definition) is 3. The van der Waals surface area contributed by atoms with Gasteiger partial charge in [0.25, 0.3) is 0 Å². The maximum absolute atomic E-state index is 12.6. The minimum absolute atomic E-state index is 0.0887. The maximum Gasteiger partial charge on any atom is 0.123 e. The zero-order valence-corrected chi connectivity index (χ0v) is 9.49. The predicted molar refractivity (Wildman–Crippen MR) is 61.0 cm³/mol. The Morgan fingerprint density at radius 2 is 1.94 bits per heavy atom. The molecule has 3 nitrogen and oxygen atoms in total. The van der Waals surface area contributed by atoms with Crippen molar-refractivity contribution in [3.8, 4) is 5.75 Å². The standard InChI is InChI=1S/C12H18FNO2/c1-10(9-14)15-7-2-8-16-12-5-3-11(13)4-6-12/h3-6,10H,2,7-9,14H2,1H3. The van der Waals surface area contributed by atoms with E-state index in [1.165, 1.54) is 12.1 Å². The van der Waals surface area contributed by atoms with E-state index < -0.39 is 0 Å². The molecule has 1 rings (SSSR count). The molecule has 0 aliphatic rings. The van der Waals surface area contributed by atoms with Gasteiger partial charge in [0, 0.05) is 13.0 Å². The molecule has 1 unspecified atom stereocenters. The fourth-order valence-electron chi connectivity index (χ4n) is 1.13. The first-order valence-electron chi connectivity index (χ1n) is 5.42. The minimum Gasteiger partial charge on any atom is -0.494 e. The summed E-state index contributed by atoms with van der Waals surface area (Å²) in [5.74, 6) is 0.417. The number of rotatable bonds is 7. The highest BCUT2D eigenvalue weighted by atomic mass is 19.1. The first-order chi connectivity index (χ1) is 7.72. The van der Waals surface area contributed by atoms with Crippen LogP contribution in [0.5, 0.6) is 5.75 Å². The topological polar surface area (TPSA) is 44.5 Å². The van der Waals surface area contributed by atoms with Crippen molar-refractivity contribution in [3.05, 3.63) is 30.1 Å². The van der Waals surface area contributed by atoms with Gasteiger partial charge in [-0.05, 0) is 31.2 Å². The van der Waals surface area contributed by atoms with E-state index in [1.54, 1.807) is 12.1 Å². The average Bonchev–Trinajstić information content (AvgIpc) is 2.31. The van der Waals surface area contributed by atoms with Crippen LogP contribution in [-0.2, 0) is 4.74 Å². The van der Waals surface area contributed by atoms with Crippen LogP contribution in [-0.4, -0.2) is 25.9 Å². The molecule has 16 heavy (non-hydrogen) atoms. The Morgan fingerprint density at radius 3 is 2.56 bits per heavy atom. The van der Waals surface area contributed by atoms with Crippen molar-refractivity contribution < 1.29 is 13.9 Å². The van der Waals surface area contributed by atoms with Gasteiger partial charge in [-0.2, -0.15) is 0 Å². The van der Waals surface area contributed by atoms with E-state index in [1.807, 2.05) is 6.92 Å². The first kappa shape index (κ1) is 12.9. The molecule has 0 bridgehead atoms. The Hall–Kier alpha value is -1.13. The van der Waals surface area contributed by atoms with E-state index in [0.29, 0.717) is 25.5 Å². The number of benzene rings is 1. The molecule has 0 amide bonds. The molecule has 0 spiro atoms. The molecule has 0 aromatic heterocycles. The van der Waals surface area contributed by atoms with Crippen LogP contribution in [0.25, 0.3) is 0 Å². The zero-order valence-electron chi connectivity index (χ0n) is 9.49. The van der Waals surface area contributed by atoms with E-state index in [4.69, 9.17) is 15.2 Å². The summed E-state index contributed by atoms with van der Waals surface area (Å²) in [7, 11) is 0. The van der Waals surface area contributed by atoms with Crippen molar-refractivity contribution in [2.24, 2.45) is 5.73 Å². The quantitative estimate of drug-likeness (QED) is 0.724. The molecular weight excluding hydrogens is 209 g/mol. The lowest BCUT2D eigenvalue weighted by molar-refractivity contribution is 0.0631. The Kier molecular flexibility index (Phi) is 5.82. The average molecular weight is 227 g/mol. The fourth-order valence-corrected chi connectivity index (χ4v) is 1.13. The largest absolute Gasteiger partial charge is 0.494 e. The molecule has 4 heteroatoms. The third kappa shape index (κ3) is 5.09. The molecule has 0 aliphatic carbocycles. The van der Waals surface area contributed by atoms with Crippen LogP contribution in [0.2, 0.25) is 0 Å². The summed E-state index contributed by atoms with van der Waals surface area (Å²) < 4.78 is 23.4. The van der Waals surface area contributed by atoms with Gasteiger partial charge in [0.1, 0.15) is 11.6 Å². The van der Waals surface area contributed by atoms with Crippen molar-refractivity contribution in [2.45, 2.75) is 19.4 Å². The Labute approximate surface area is 95.4 Å². The van der Waals surface area contributed by atoms with E-state index in [0.717, 1.165) is 6.42 Å². The molecule has 1 aromatic carbocycles. The van der Waals surface area contributed by atoms with Crippen molar-refractivity contribution in [2.75, 3.05) is 19.8 Å². The summed E-state index contributed by atoms with van der Waals surface area (Å²) in [6.07, 6.45) is 0.882. The van der Waals surface area contributed by atoms with Crippen LogP contribution in [0.1, 0.15) is 13.3 Å². The Bertz CT molecular complexity index is 290. The molecule has 1 aromatic rings. The van der Waals surface area contributed by atoms with Gasteiger partial charge < -0.3 is 15.2 Å². The molecule has 90 valence electrons. The molecule has 0 heterocycles. The highest BCUT2D eigenvalue weighted by molar-refractivity contribution is 5.21. The molecule has 0 fully saturated rings. The SMILES string of the molecule is CC(CN)OCCCOc1ccc(F)cc1. The number of ether oxygens (including phenoxy) is 2. The second kappa shape index (κ2) is 7.19. The van der Waals surface area contributed by atoms with E-state index in [2.05, 4.69) is 0 Å². The maximum atomic E-state index is 12.6. The van der Waals surface area contributed by atoms with Crippen molar-refractivity contribution >= 4 is 0 Å². The highest BCUT2D eigenvalue weighted by Gasteiger charge is 1.98. The van der Waals surface area contributed by atoms with Gasteiger partial charge in [-0.25, -0.2) is 4.39 Å². The van der Waals surface area contributed by atoms with Gasteiger partial charge >= 0.3 is 0 Å². The van der Waals surface area contributed by atoms with E-state index in [9.17, 15) is 4.39 Å². The highest BCUT2D eigenvalue weighted by Crippen LogP contribution is 2.11. The van der Waals surface area contributed by atoms with Crippen molar-refractivity contribution in [1.82, 2.24) is 0 Å². The third-order valence-electron chi connectivity index (χ3n) is 2.11. The van der Waals surface area contributed by atoms with Crippen LogP contribution >= 0.6 is 0 Å². The lowest BCUT2D eigenvalue weighted by Crippen LogP contribution is -2.21. The molecule has 0 saturated heterocycles. The second-order valence-electron chi connectivity index (χ2n) is 3.57. The van der Waals surface area contributed by atoms with Crippen LogP contribution in [0, 0.1) is 5.82 Å². The lowest BCUT2D eigenvalue weighted by Gasteiger charge is -2.10. The summed E-state index contributed by atoms with van der Waals surface area (Å²) in [4.78, 5) is 0. The van der Waals surface area contributed by atoms with Gasteiger partial charge in [0.05, 0.1) is 19.3 Å². The summed E-state index contributed by atoms with van der Waals surface area (Å²) in [6, 6.07) is 5.97. The van der Waals surface area contributed by atoms with Gasteiger partial charge in [-0.15, -0.1) is 0 Å². The van der Waals surface area contributed by atoms with Gasteiger partial charge in [0.15, 0.2) is 0 Å². The van der Waals surface area contributed by atoms with E-state index >= 15 is 0 Å². The number of hydrogen-bond donors (Lipinski definition) is 1. The van der Waals surface area contributed by atoms with Gasteiger partial charge in [-0.3, -0.25) is 0 Å². The minimum atomic E-state index is -0.257. The molecule has 0 aliphatic heterocycles. The molecule has 2 N–H and O–H groups in total. The van der Waals surface area contributed by atoms with Crippen LogP contribution in [0.4, 0.5) is 4.39 Å². The summed E-state index contributed by atoms with van der Waals surface area (Å²) in [5, 5.41) is 0. The van der Waals surface area contributed by atoms with Crippen LogP contribution < -0.4 is 10.5 Å². The van der Waals surface area contributed by atoms with Gasteiger partial charge in [0.2, 0.25) is 0 Å². The molecule has 1 atom stereocenters. The second-order valence-corrected chi connectivity index (χ2v) is 3.57. The summed E-state index contributed by atoms with van der Waals surface area (Å²) in [6.45, 7) is 3.64. The number of halogens is 1. The third-order valence-corrected chi connectivity index (χ3v) is 2.11. The van der Waals surface area contributed by atoms with Crippen molar-refractivity contribution in [3.63, 3.8) is 0 Å². The smallest absolute Gasteiger partial charge is 0.123 e. The van der Waals surface area contributed by atoms with E-state index in [-0.39, 0.29) is 11.9 Å². The predicted octanol–water partition coefficient (Wildman–Crippen LogP) is 1.96. The molecular formula is C12H18FNO2. The normalized spacial score (nSPS) is 12.4. The summed E-state index contributed by atoms with van der Waals surface area (Å²) in [5.41, 5.74) is 5.40. The Morgan fingerprint density at radius 1 is 1.25 bits per heavy atom. The van der Waals surface area contributed by atoms with Gasteiger partial charge in [-0.1, -0.05) is 0 Å². The monoisotopic (exact) mass is 227 g/mol. The fraction of sp³-hybridized carbons (Fsp3) is 0.500. The number of nitrogens with two attached hydrogens (primary N) is 1. The zero-order chi connectivity index (χ0) is 11.8. The Balaban J connectivity index is 2.09. The lowest BCUT2D eigenvalue weighted by atomic mass is 10.3.